The number of benzene rings is 3. The molecule has 0 radical (unpaired) electrons. The van der Waals surface area contributed by atoms with Gasteiger partial charge in [0.15, 0.2) is 0 Å². The molecule has 0 saturated heterocycles. The Hall–Kier alpha value is -4.57. The lowest BCUT2D eigenvalue weighted by molar-refractivity contribution is -0.120. The Kier molecular flexibility index (Phi) is 8.92. The molecule has 0 saturated carbocycles. The minimum Gasteiger partial charge on any atom is -0.490 e. The van der Waals surface area contributed by atoms with Crippen molar-refractivity contribution in [2.75, 3.05) is 18.5 Å². The molecule has 2 amide bonds. The van der Waals surface area contributed by atoms with Crippen LogP contribution in [-0.2, 0) is 11.2 Å². The molecular formula is C27H25N5O4S. The quantitative estimate of drug-likeness (QED) is 0.175. The minimum absolute atomic E-state index is 0.0236. The number of aryl methyl sites for hydroxylation is 1. The fourth-order valence-electron chi connectivity index (χ4n) is 3.26. The average Bonchev–Trinajstić information content (AvgIpc) is 3.34. The molecule has 0 spiro atoms. The Bertz CT molecular complexity index is 1370. The van der Waals surface area contributed by atoms with Crippen molar-refractivity contribution in [2.24, 2.45) is 5.10 Å². The normalized spacial score (nSPS) is 10.7. The molecule has 0 bridgehead atoms. The maximum Gasteiger partial charge on any atom is 0.257 e. The van der Waals surface area contributed by atoms with E-state index in [4.69, 9.17) is 9.47 Å². The van der Waals surface area contributed by atoms with Gasteiger partial charge in [-0.25, -0.2) is 5.43 Å². The van der Waals surface area contributed by atoms with Gasteiger partial charge in [-0.15, -0.1) is 10.2 Å². The lowest BCUT2D eigenvalue weighted by atomic mass is 10.1. The summed E-state index contributed by atoms with van der Waals surface area (Å²) in [6.45, 7) is 2.60. The fraction of sp³-hybridized carbons (Fsp3) is 0.148. The highest BCUT2D eigenvalue weighted by Crippen LogP contribution is 2.18. The summed E-state index contributed by atoms with van der Waals surface area (Å²) in [7, 11) is 0. The number of aromatic nitrogens is 2. The van der Waals surface area contributed by atoms with Gasteiger partial charge in [0, 0.05) is 11.1 Å². The molecule has 0 aliphatic rings. The zero-order valence-electron chi connectivity index (χ0n) is 20.1. The second-order valence-electron chi connectivity index (χ2n) is 7.79. The van der Waals surface area contributed by atoms with Crippen LogP contribution in [-0.4, -0.2) is 41.4 Å². The number of para-hydroxylation sites is 2. The molecule has 4 rings (SSSR count). The topological polar surface area (TPSA) is 115 Å². The number of amides is 2. The van der Waals surface area contributed by atoms with Gasteiger partial charge in [-0.1, -0.05) is 59.9 Å². The van der Waals surface area contributed by atoms with E-state index in [9.17, 15) is 9.59 Å². The van der Waals surface area contributed by atoms with Crippen LogP contribution in [0.5, 0.6) is 11.5 Å². The van der Waals surface area contributed by atoms with E-state index in [1.807, 2.05) is 73.7 Å². The average molecular weight is 516 g/mol. The first-order valence-electron chi connectivity index (χ1n) is 11.5. The van der Waals surface area contributed by atoms with E-state index in [0.717, 1.165) is 22.6 Å². The largest absolute Gasteiger partial charge is 0.490 e. The predicted octanol–water partition coefficient (Wildman–Crippen LogP) is 4.25. The molecule has 1 aromatic heterocycles. The van der Waals surface area contributed by atoms with Gasteiger partial charge in [-0.05, 0) is 42.8 Å². The van der Waals surface area contributed by atoms with Crippen LogP contribution in [0.25, 0.3) is 0 Å². The number of ether oxygens (including phenoxy) is 2. The van der Waals surface area contributed by atoms with Crippen molar-refractivity contribution in [3.63, 3.8) is 0 Å². The number of hydrazone groups is 1. The van der Waals surface area contributed by atoms with Crippen molar-refractivity contribution in [2.45, 2.75) is 13.3 Å². The van der Waals surface area contributed by atoms with Crippen LogP contribution in [0.15, 0.2) is 84.0 Å². The minimum atomic E-state index is -0.362. The van der Waals surface area contributed by atoms with Gasteiger partial charge in [-0.3, -0.25) is 14.9 Å². The lowest BCUT2D eigenvalue weighted by Crippen LogP contribution is -2.19. The van der Waals surface area contributed by atoms with Crippen molar-refractivity contribution in [1.29, 1.82) is 0 Å². The second-order valence-corrected chi connectivity index (χ2v) is 8.85. The molecule has 0 unspecified atom stereocenters. The van der Waals surface area contributed by atoms with Crippen LogP contribution in [0, 0.1) is 6.92 Å². The number of carbonyl (C=O) groups is 2. The van der Waals surface area contributed by atoms with E-state index in [0.29, 0.717) is 40.2 Å². The number of nitrogens with one attached hydrogen (secondary N) is 2. The summed E-state index contributed by atoms with van der Waals surface area (Å²) in [5.41, 5.74) is 4.60. The Morgan fingerprint density at radius 3 is 2.49 bits per heavy atom. The Morgan fingerprint density at radius 2 is 1.65 bits per heavy atom. The number of hydrogen-bond donors (Lipinski definition) is 2. The van der Waals surface area contributed by atoms with Crippen LogP contribution >= 0.6 is 11.3 Å². The Morgan fingerprint density at radius 1 is 0.919 bits per heavy atom. The van der Waals surface area contributed by atoms with Gasteiger partial charge in [0.1, 0.15) is 29.7 Å². The predicted molar refractivity (Wildman–Crippen MR) is 142 cm³/mol. The zero-order valence-corrected chi connectivity index (χ0v) is 20.9. The highest BCUT2D eigenvalue weighted by molar-refractivity contribution is 7.15. The molecule has 4 aromatic rings. The van der Waals surface area contributed by atoms with Gasteiger partial charge < -0.3 is 9.47 Å². The van der Waals surface area contributed by atoms with Crippen LogP contribution < -0.4 is 20.2 Å². The molecule has 3 aromatic carbocycles. The molecule has 0 fully saturated rings. The highest BCUT2D eigenvalue weighted by Gasteiger charge is 2.13. The third-order valence-corrected chi connectivity index (χ3v) is 5.89. The second kappa shape index (κ2) is 12.9. The van der Waals surface area contributed by atoms with E-state index in [-0.39, 0.29) is 18.2 Å². The lowest BCUT2D eigenvalue weighted by Gasteiger charge is -2.10. The van der Waals surface area contributed by atoms with Gasteiger partial charge >= 0.3 is 0 Å². The van der Waals surface area contributed by atoms with Gasteiger partial charge in [-0.2, -0.15) is 5.10 Å². The van der Waals surface area contributed by atoms with Gasteiger partial charge in [0.2, 0.25) is 11.0 Å². The van der Waals surface area contributed by atoms with Crippen LogP contribution in [0.2, 0.25) is 0 Å². The van der Waals surface area contributed by atoms with Gasteiger partial charge in [0.25, 0.3) is 5.91 Å². The number of rotatable bonds is 11. The molecule has 10 heteroatoms. The van der Waals surface area contributed by atoms with Crippen molar-refractivity contribution in [1.82, 2.24) is 15.6 Å². The summed E-state index contributed by atoms with van der Waals surface area (Å²) in [6, 6.07) is 24.1. The molecule has 188 valence electrons. The molecule has 0 aliphatic carbocycles. The summed E-state index contributed by atoms with van der Waals surface area (Å²) >= 11 is 1.13. The molecule has 0 aliphatic heterocycles. The molecule has 9 nitrogen and oxygen atoms in total. The van der Waals surface area contributed by atoms with Crippen molar-refractivity contribution in [3.05, 3.63) is 101 Å². The number of anilines is 1. The van der Waals surface area contributed by atoms with Crippen molar-refractivity contribution < 1.29 is 19.1 Å². The summed E-state index contributed by atoms with van der Waals surface area (Å²) < 4.78 is 11.4. The third kappa shape index (κ3) is 7.71. The summed E-state index contributed by atoms with van der Waals surface area (Å²) in [4.78, 5) is 24.7. The summed E-state index contributed by atoms with van der Waals surface area (Å²) in [5.74, 6) is 0.761. The highest BCUT2D eigenvalue weighted by atomic mass is 32.1. The first-order chi connectivity index (χ1) is 18.1. The smallest absolute Gasteiger partial charge is 0.257 e. The van der Waals surface area contributed by atoms with Crippen molar-refractivity contribution >= 4 is 34.5 Å². The SMILES string of the molecule is Cc1ccccc1C(=O)Nc1nnc(CC(=O)NN=Cc2ccccc2OCCOc2ccccc2)s1. The maximum atomic E-state index is 12.4. The van der Waals surface area contributed by atoms with Crippen molar-refractivity contribution in [3.8, 4) is 11.5 Å². The van der Waals surface area contributed by atoms with E-state index in [1.54, 1.807) is 12.1 Å². The standard InChI is InChI=1S/C27H25N5O4S/c1-19-9-5-7-13-22(19)26(34)29-27-32-31-25(37-27)17-24(33)30-28-18-20-10-6-8-14-23(20)36-16-15-35-21-11-3-2-4-12-21/h2-14,18H,15-17H2,1H3,(H,30,33)(H,29,32,34). The molecule has 2 N–H and O–H groups in total. The number of nitrogens with zero attached hydrogens (tertiary/aromatic N) is 3. The Labute approximate surface area is 218 Å². The van der Waals surface area contributed by atoms with E-state index >= 15 is 0 Å². The van der Waals surface area contributed by atoms with E-state index < -0.39 is 0 Å². The maximum absolute atomic E-state index is 12.4. The number of hydrogen-bond acceptors (Lipinski definition) is 8. The zero-order chi connectivity index (χ0) is 25.9. The summed E-state index contributed by atoms with van der Waals surface area (Å²) in [6.07, 6.45) is 1.49. The van der Waals surface area contributed by atoms with E-state index in [2.05, 4.69) is 26.0 Å². The fourth-order valence-corrected chi connectivity index (χ4v) is 4.00. The monoisotopic (exact) mass is 515 g/mol. The molecule has 37 heavy (non-hydrogen) atoms. The molecule has 0 atom stereocenters. The van der Waals surface area contributed by atoms with Crippen LogP contribution in [0.1, 0.15) is 26.5 Å². The van der Waals surface area contributed by atoms with Crippen LogP contribution in [0.3, 0.4) is 0 Å². The summed E-state index contributed by atoms with van der Waals surface area (Å²) in [5, 5.41) is 15.4. The first kappa shape index (κ1) is 25.5. The number of carbonyl (C=O) groups excluding carboxylic acids is 2. The Balaban J connectivity index is 1.24. The first-order valence-corrected chi connectivity index (χ1v) is 12.3. The van der Waals surface area contributed by atoms with E-state index in [1.165, 1.54) is 6.21 Å². The van der Waals surface area contributed by atoms with Crippen LogP contribution in [0.4, 0.5) is 5.13 Å². The third-order valence-electron chi connectivity index (χ3n) is 5.05. The molecular weight excluding hydrogens is 490 g/mol. The van der Waals surface area contributed by atoms with Gasteiger partial charge in [0.05, 0.1) is 12.6 Å². The molecule has 1 heterocycles.